The average Bonchev–Trinajstić information content (AvgIpc) is 2.59. The quantitative estimate of drug-likeness (QED) is 0.919. The van der Waals surface area contributed by atoms with Crippen molar-refractivity contribution in [2.24, 2.45) is 0 Å². The van der Waals surface area contributed by atoms with Gasteiger partial charge in [0.05, 0.1) is 0 Å². The predicted octanol–water partition coefficient (Wildman–Crippen LogP) is 2.55. The van der Waals surface area contributed by atoms with Crippen LogP contribution in [0.3, 0.4) is 0 Å². The predicted molar refractivity (Wildman–Crippen MR) is 92.2 cm³/mol. The van der Waals surface area contributed by atoms with E-state index in [-0.39, 0.29) is 11.9 Å². The van der Waals surface area contributed by atoms with Gasteiger partial charge in [-0.05, 0) is 30.5 Å². The number of carbonyl (C=O) groups excluding carboxylic acids is 1. The molecule has 0 unspecified atom stereocenters. The summed E-state index contributed by atoms with van der Waals surface area (Å²) in [4.78, 5) is 14.4. The molecule has 23 heavy (non-hydrogen) atoms. The molecule has 1 aliphatic heterocycles. The Morgan fingerprint density at radius 3 is 2.65 bits per heavy atom. The van der Waals surface area contributed by atoms with Gasteiger partial charge in [-0.3, -0.25) is 4.79 Å². The van der Waals surface area contributed by atoms with E-state index in [0.717, 1.165) is 30.1 Å². The van der Waals surface area contributed by atoms with Gasteiger partial charge in [0, 0.05) is 23.7 Å². The SMILES string of the molecule is C[C@@H]([NH2+]CC(=O)N1CCc2ccccc2C1)c1ccccc1Cl. The van der Waals surface area contributed by atoms with Crippen LogP contribution in [0.1, 0.15) is 29.7 Å². The van der Waals surface area contributed by atoms with Gasteiger partial charge in [0.1, 0.15) is 6.04 Å². The summed E-state index contributed by atoms with van der Waals surface area (Å²) in [6.45, 7) is 4.07. The highest BCUT2D eigenvalue weighted by Crippen LogP contribution is 2.20. The molecule has 1 heterocycles. The minimum atomic E-state index is 0.171. The summed E-state index contributed by atoms with van der Waals surface area (Å²) in [6, 6.07) is 16.4. The maximum absolute atomic E-state index is 12.5. The van der Waals surface area contributed by atoms with Crippen molar-refractivity contribution in [1.82, 2.24) is 4.90 Å². The molecule has 0 saturated heterocycles. The van der Waals surface area contributed by atoms with Crippen LogP contribution in [-0.2, 0) is 17.8 Å². The molecule has 1 amide bonds. The molecule has 2 aromatic rings. The van der Waals surface area contributed by atoms with Gasteiger partial charge in [-0.15, -0.1) is 0 Å². The number of hydrogen-bond donors (Lipinski definition) is 1. The highest BCUT2D eigenvalue weighted by atomic mass is 35.5. The number of benzene rings is 2. The number of halogens is 1. The first-order chi connectivity index (χ1) is 11.1. The van der Waals surface area contributed by atoms with Gasteiger partial charge >= 0.3 is 0 Å². The van der Waals surface area contributed by atoms with Crippen LogP contribution < -0.4 is 5.32 Å². The van der Waals surface area contributed by atoms with Crippen LogP contribution in [-0.4, -0.2) is 23.9 Å². The molecule has 0 saturated carbocycles. The molecule has 3 nitrogen and oxygen atoms in total. The molecular weight excluding hydrogens is 308 g/mol. The number of rotatable bonds is 4. The normalized spacial score (nSPS) is 15.1. The van der Waals surface area contributed by atoms with E-state index in [1.165, 1.54) is 11.1 Å². The number of nitrogens with zero attached hydrogens (tertiary/aromatic N) is 1. The molecular formula is C19H22ClN2O+. The van der Waals surface area contributed by atoms with E-state index < -0.39 is 0 Å². The first-order valence-electron chi connectivity index (χ1n) is 8.07. The van der Waals surface area contributed by atoms with Crippen molar-refractivity contribution in [3.63, 3.8) is 0 Å². The van der Waals surface area contributed by atoms with Gasteiger partial charge in [0.2, 0.25) is 0 Å². The minimum absolute atomic E-state index is 0.171. The van der Waals surface area contributed by atoms with E-state index in [1.807, 2.05) is 35.2 Å². The standard InChI is InChI=1S/C19H21ClN2O/c1-14(17-8-4-5-9-18(17)20)21-12-19(23)22-11-10-15-6-2-3-7-16(15)13-22/h2-9,14,21H,10-13H2,1H3/p+1/t14-/m1/s1. The topological polar surface area (TPSA) is 36.9 Å². The molecule has 3 rings (SSSR count). The van der Waals surface area contributed by atoms with Gasteiger partial charge in [0.25, 0.3) is 5.91 Å². The molecule has 0 aromatic heterocycles. The lowest BCUT2D eigenvalue weighted by atomic mass is 10.00. The first-order valence-corrected chi connectivity index (χ1v) is 8.45. The lowest BCUT2D eigenvalue weighted by Crippen LogP contribution is -2.87. The first kappa shape index (κ1) is 16.0. The van der Waals surface area contributed by atoms with Crippen molar-refractivity contribution in [2.45, 2.75) is 25.9 Å². The van der Waals surface area contributed by atoms with Crippen LogP contribution in [0.4, 0.5) is 0 Å². The molecule has 1 atom stereocenters. The lowest BCUT2D eigenvalue weighted by Gasteiger charge is -2.28. The third-order valence-corrected chi connectivity index (χ3v) is 4.87. The molecule has 0 aliphatic carbocycles. The smallest absolute Gasteiger partial charge is 0.278 e. The van der Waals surface area contributed by atoms with Crippen molar-refractivity contribution >= 4 is 17.5 Å². The number of fused-ring (bicyclic) bond motifs is 1. The van der Waals surface area contributed by atoms with Crippen LogP contribution >= 0.6 is 11.6 Å². The lowest BCUT2D eigenvalue weighted by molar-refractivity contribution is -0.683. The highest BCUT2D eigenvalue weighted by molar-refractivity contribution is 6.31. The van der Waals surface area contributed by atoms with E-state index in [2.05, 4.69) is 30.4 Å². The van der Waals surface area contributed by atoms with Crippen LogP contribution in [0, 0.1) is 0 Å². The Labute approximate surface area is 142 Å². The van der Waals surface area contributed by atoms with Gasteiger partial charge in [-0.2, -0.15) is 0 Å². The maximum Gasteiger partial charge on any atom is 0.278 e. The molecule has 1 aliphatic rings. The zero-order valence-electron chi connectivity index (χ0n) is 13.3. The van der Waals surface area contributed by atoms with E-state index >= 15 is 0 Å². The zero-order valence-corrected chi connectivity index (χ0v) is 14.1. The molecule has 2 aromatic carbocycles. The summed E-state index contributed by atoms with van der Waals surface area (Å²) in [5.74, 6) is 0.193. The number of quaternary nitrogens is 1. The monoisotopic (exact) mass is 329 g/mol. The van der Waals surface area contributed by atoms with E-state index in [0.29, 0.717) is 6.54 Å². The summed E-state index contributed by atoms with van der Waals surface area (Å²) < 4.78 is 0. The fourth-order valence-electron chi connectivity index (χ4n) is 3.09. The Balaban J connectivity index is 1.57. The fourth-order valence-corrected chi connectivity index (χ4v) is 3.39. The van der Waals surface area contributed by atoms with E-state index in [1.54, 1.807) is 0 Å². The summed E-state index contributed by atoms with van der Waals surface area (Å²) in [5.41, 5.74) is 3.71. The summed E-state index contributed by atoms with van der Waals surface area (Å²) in [5, 5.41) is 2.82. The Kier molecular flexibility index (Phi) is 4.99. The van der Waals surface area contributed by atoms with Crippen molar-refractivity contribution < 1.29 is 10.1 Å². The summed E-state index contributed by atoms with van der Waals surface area (Å²) >= 11 is 6.22. The number of amides is 1. The van der Waals surface area contributed by atoms with Crippen molar-refractivity contribution in [3.05, 3.63) is 70.2 Å². The van der Waals surface area contributed by atoms with Crippen LogP contribution in [0.5, 0.6) is 0 Å². The van der Waals surface area contributed by atoms with Gasteiger partial charge in [0.15, 0.2) is 6.54 Å². The second-order valence-electron chi connectivity index (χ2n) is 6.08. The summed E-state index contributed by atoms with van der Waals surface area (Å²) in [7, 11) is 0. The Morgan fingerprint density at radius 1 is 1.17 bits per heavy atom. The Morgan fingerprint density at radius 2 is 1.87 bits per heavy atom. The van der Waals surface area contributed by atoms with Crippen molar-refractivity contribution in [2.75, 3.05) is 13.1 Å². The average molecular weight is 330 g/mol. The fraction of sp³-hybridized carbons (Fsp3) is 0.316. The second kappa shape index (κ2) is 7.16. The maximum atomic E-state index is 12.5. The van der Waals surface area contributed by atoms with Gasteiger partial charge in [-0.25, -0.2) is 0 Å². The zero-order chi connectivity index (χ0) is 16.2. The van der Waals surface area contributed by atoms with Crippen LogP contribution in [0.15, 0.2) is 48.5 Å². The number of hydrogen-bond acceptors (Lipinski definition) is 1. The molecule has 2 N–H and O–H groups in total. The number of nitrogens with two attached hydrogens (primary N) is 1. The number of carbonyl (C=O) groups is 1. The second-order valence-corrected chi connectivity index (χ2v) is 6.49. The van der Waals surface area contributed by atoms with Crippen molar-refractivity contribution in [3.8, 4) is 0 Å². The molecule has 0 spiro atoms. The Hall–Kier alpha value is -1.84. The van der Waals surface area contributed by atoms with Gasteiger partial charge < -0.3 is 10.2 Å². The largest absolute Gasteiger partial charge is 0.333 e. The minimum Gasteiger partial charge on any atom is -0.333 e. The van der Waals surface area contributed by atoms with E-state index in [9.17, 15) is 4.79 Å². The van der Waals surface area contributed by atoms with E-state index in [4.69, 9.17) is 11.6 Å². The highest BCUT2D eigenvalue weighted by Gasteiger charge is 2.22. The molecule has 120 valence electrons. The van der Waals surface area contributed by atoms with Crippen molar-refractivity contribution in [1.29, 1.82) is 0 Å². The van der Waals surface area contributed by atoms with Crippen LogP contribution in [0.25, 0.3) is 0 Å². The van der Waals surface area contributed by atoms with Crippen LogP contribution in [0.2, 0.25) is 5.02 Å². The molecule has 0 fully saturated rings. The molecule has 0 radical (unpaired) electrons. The Bertz CT molecular complexity index is 701. The molecule has 4 heteroatoms. The van der Waals surface area contributed by atoms with Gasteiger partial charge in [-0.1, -0.05) is 54.1 Å². The third kappa shape index (κ3) is 3.74. The third-order valence-electron chi connectivity index (χ3n) is 4.53. The molecule has 0 bridgehead atoms. The summed E-state index contributed by atoms with van der Waals surface area (Å²) in [6.07, 6.45) is 0.946.